The highest BCUT2D eigenvalue weighted by molar-refractivity contribution is 5.85. The Hall–Kier alpha value is -2.04. The van der Waals surface area contributed by atoms with Crippen molar-refractivity contribution in [2.45, 2.75) is 39.7 Å². The first-order chi connectivity index (χ1) is 9.83. The van der Waals surface area contributed by atoms with Gasteiger partial charge in [0.1, 0.15) is 11.8 Å². The lowest BCUT2D eigenvalue weighted by molar-refractivity contribution is -0.142. The fourth-order valence-electron chi connectivity index (χ4n) is 2.10. The summed E-state index contributed by atoms with van der Waals surface area (Å²) >= 11 is 0. The van der Waals surface area contributed by atoms with E-state index >= 15 is 0 Å². The van der Waals surface area contributed by atoms with Crippen LogP contribution < -0.4 is 10.1 Å². The first-order valence-electron chi connectivity index (χ1n) is 6.99. The van der Waals surface area contributed by atoms with Crippen LogP contribution in [0.15, 0.2) is 18.2 Å². The van der Waals surface area contributed by atoms with Crippen molar-refractivity contribution in [2.75, 3.05) is 7.11 Å². The van der Waals surface area contributed by atoms with Crippen LogP contribution in [0.2, 0.25) is 0 Å². The summed E-state index contributed by atoms with van der Waals surface area (Å²) in [6.07, 6.45) is 0.584. The Labute approximate surface area is 125 Å². The molecule has 0 bridgehead atoms. The van der Waals surface area contributed by atoms with Crippen molar-refractivity contribution >= 4 is 11.9 Å². The number of hydrogen-bond acceptors (Lipinski definition) is 3. The van der Waals surface area contributed by atoms with Gasteiger partial charge in [-0.3, -0.25) is 4.79 Å². The average molecular weight is 293 g/mol. The van der Waals surface area contributed by atoms with Gasteiger partial charge >= 0.3 is 5.97 Å². The fraction of sp³-hybridized carbons (Fsp3) is 0.500. The van der Waals surface area contributed by atoms with Gasteiger partial charge in [-0.1, -0.05) is 19.9 Å². The molecule has 5 nitrogen and oxygen atoms in total. The number of amides is 1. The standard InChI is InChI=1S/C16H23NO4/c1-10(2)7-14(16(19)20)17-15(18)9-12-5-6-13(21-4)8-11(12)3/h5-6,8,10,14H,7,9H2,1-4H3,(H,17,18)(H,19,20)/t14-/m0/s1. The highest BCUT2D eigenvalue weighted by Gasteiger charge is 2.21. The normalized spacial score (nSPS) is 12.0. The molecule has 0 aliphatic heterocycles. The lowest BCUT2D eigenvalue weighted by Gasteiger charge is -2.17. The van der Waals surface area contributed by atoms with E-state index in [2.05, 4.69) is 5.32 Å². The van der Waals surface area contributed by atoms with E-state index in [4.69, 9.17) is 9.84 Å². The summed E-state index contributed by atoms with van der Waals surface area (Å²) in [6, 6.07) is 4.63. The van der Waals surface area contributed by atoms with Crippen LogP contribution in [0.3, 0.4) is 0 Å². The maximum atomic E-state index is 12.0. The van der Waals surface area contributed by atoms with Gasteiger partial charge in [0.25, 0.3) is 0 Å². The lowest BCUT2D eigenvalue weighted by atomic mass is 10.0. The number of hydrogen-bond donors (Lipinski definition) is 2. The minimum atomic E-state index is -0.997. The molecule has 1 aromatic rings. The summed E-state index contributed by atoms with van der Waals surface area (Å²) in [5.41, 5.74) is 1.81. The summed E-state index contributed by atoms with van der Waals surface area (Å²) in [7, 11) is 1.59. The number of methoxy groups -OCH3 is 1. The topological polar surface area (TPSA) is 75.6 Å². The van der Waals surface area contributed by atoms with Crippen molar-refractivity contribution in [3.63, 3.8) is 0 Å². The maximum Gasteiger partial charge on any atom is 0.326 e. The van der Waals surface area contributed by atoms with Crippen molar-refractivity contribution in [1.29, 1.82) is 0 Å². The summed E-state index contributed by atoms with van der Waals surface area (Å²) in [4.78, 5) is 23.2. The first kappa shape index (κ1) is 17.0. The molecule has 0 radical (unpaired) electrons. The van der Waals surface area contributed by atoms with Crippen LogP contribution in [0.4, 0.5) is 0 Å². The summed E-state index contributed by atoms with van der Waals surface area (Å²) in [5.74, 6) is -0.339. The minimum absolute atomic E-state index is 0.164. The van der Waals surface area contributed by atoms with Gasteiger partial charge in [0.05, 0.1) is 13.5 Å². The number of rotatable bonds is 7. The number of carbonyl (C=O) groups is 2. The lowest BCUT2D eigenvalue weighted by Crippen LogP contribution is -2.42. The van der Waals surface area contributed by atoms with E-state index in [1.165, 1.54) is 0 Å². The molecule has 0 fully saturated rings. The van der Waals surface area contributed by atoms with Gasteiger partial charge in [-0.15, -0.1) is 0 Å². The first-order valence-corrected chi connectivity index (χ1v) is 6.99. The highest BCUT2D eigenvalue weighted by Crippen LogP contribution is 2.17. The molecule has 0 saturated heterocycles. The summed E-state index contributed by atoms with van der Waals surface area (Å²) in [5, 5.41) is 11.7. The molecule has 0 aromatic heterocycles. The smallest absolute Gasteiger partial charge is 0.326 e. The van der Waals surface area contributed by atoms with E-state index in [1.54, 1.807) is 13.2 Å². The molecule has 2 N–H and O–H groups in total. The van der Waals surface area contributed by atoms with Gasteiger partial charge in [-0.2, -0.15) is 0 Å². The number of ether oxygens (including phenoxy) is 1. The van der Waals surface area contributed by atoms with Gasteiger partial charge in [0, 0.05) is 0 Å². The van der Waals surface area contributed by atoms with Crippen LogP contribution in [0.25, 0.3) is 0 Å². The number of carboxylic acid groups (broad SMARTS) is 1. The Morgan fingerprint density at radius 2 is 2.00 bits per heavy atom. The van der Waals surface area contributed by atoms with Crippen LogP contribution in [0.5, 0.6) is 5.75 Å². The molecule has 5 heteroatoms. The van der Waals surface area contributed by atoms with E-state index in [9.17, 15) is 9.59 Å². The zero-order valence-electron chi connectivity index (χ0n) is 13.0. The molecule has 0 spiro atoms. The molecule has 116 valence electrons. The second kappa shape index (κ2) is 7.67. The Kier molecular flexibility index (Phi) is 6.21. The molecule has 1 rings (SSSR count). The van der Waals surface area contributed by atoms with Crippen molar-refractivity contribution in [3.05, 3.63) is 29.3 Å². The van der Waals surface area contributed by atoms with E-state index in [0.29, 0.717) is 6.42 Å². The second-order valence-corrected chi connectivity index (χ2v) is 5.56. The average Bonchev–Trinajstić information content (AvgIpc) is 2.39. The van der Waals surface area contributed by atoms with Crippen LogP contribution in [0.1, 0.15) is 31.4 Å². The van der Waals surface area contributed by atoms with E-state index in [1.807, 2.05) is 32.9 Å². The Morgan fingerprint density at radius 3 is 2.48 bits per heavy atom. The van der Waals surface area contributed by atoms with Crippen molar-refractivity contribution in [3.8, 4) is 5.75 Å². The highest BCUT2D eigenvalue weighted by atomic mass is 16.5. The molecule has 0 aliphatic carbocycles. The van der Waals surface area contributed by atoms with E-state index in [-0.39, 0.29) is 18.2 Å². The Morgan fingerprint density at radius 1 is 1.33 bits per heavy atom. The van der Waals surface area contributed by atoms with Crippen LogP contribution in [-0.2, 0) is 16.0 Å². The molecule has 1 aromatic carbocycles. The molecule has 0 saturated carbocycles. The second-order valence-electron chi connectivity index (χ2n) is 5.56. The predicted octanol–water partition coefficient (Wildman–Crippen LogP) is 2.16. The zero-order chi connectivity index (χ0) is 16.0. The maximum absolute atomic E-state index is 12.0. The SMILES string of the molecule is COc1ccc(CC(=O)N[C@@H](CC(C)C)C(=O)O)c(C)c1. The Bertz CT molecular complexity index is 511. The Balaban J connectivity index is 2.70. The summed E-state index contributed by atoms with van der Waals surface area (Å²) < 4.78 is 5.12. The van der Waals surface area contributed by atoms with Gasteiger partial charge < -0.3 is 15.2 Å². The predicted molar refractivity (Wildman–Crippen MR) is 80.5 cm³/mol. The van der Waals surface area contributed by atoms with Crippen molar-refractivity contribution in [2.24, 2.45) is 5.92 Å². The number of benzene rings is 1. The molecular weight excluding hydrogens is 270 g/mol. The molecule has 1 atom stereocenters. The number of carboxylic acids is 1. The van der Waals surface area contributed by atoms with Gasteiger partial charge in [-0.05, 0) is 42.5 Å². The van der Waals surface area contributed by atoms with Gasteiger partial charge in [-0.25, -0.2) is 4.79 Å². The summed E-state index contributed by atoms with van der Waals surface area (Å²) in [6.45, 7) is 5.75. The third-order valence-electron chi connectivity index (χ3n) is 3.24. The van der Waals surface area contributed by atoms with Crippen LogP contribution >= 0.6 is 0 Å². The van der Waals surface area contributed by atoms with Crippen LogP contribution in [-0.4, -0.2) is 30.1 Å². The van der Waals surface area contributed by atoms with Crippen LogP contribution in [0, 0.1) is 12.8 Å². The quantitative estimate of drug-likeness (QED) is 0.808. The van der Waals surface area contributed by atoms with Gasteiger partial charge in [0.15, 0.2) is 0 Å². The molecule has 21 heavy (non-hydrogen) atoms. The van der Waals surface area contributed by atoms with Gasteiger partial charge in [0.2, 0.25) is 5.91 Å². The van der Waals surface area contributed by atoms with Crippen molar-refractivity contribution < 1.29 is 19.4 Å². The fourth-order valence-corrected chi connectivity index (χ4v) is 2.10. The van der Waals surface area contributed by atoms with Crippen molar-refractivity contribution in [1.82, 2.24) is 5.32 Å². The molecule has 0 heterocycles. The number of aryl methyl sites for hydroxylation is 1. The molecular formula is C16H23NO4. The third kappa shape index (κ3) is 5.45. The zero-order valence-corrected chi connectivity index (χ0v) is 13.0. The number of aliphatic carboxylic acids is 1. The number of nitrogens with one attached hydrogen (secondary N) is 1. The number of carbonyl (C=O) groups excluding carboxylic acids is 1. The third-order valence-corrected chi connectivity index (χ3v) is 3.24. The van der Waals surface area contributed by atoms with E-state index < -0.39 is 12.0 Å². The molecule has 1 amide bonds. The van der Waals surface area contributed by atoms with E-state index in [0.717, 1.165) is 16.9 Å². The monoisotopic (exact) mass is 293 g/mol. The largest absolute Gasteiger partial charge is 0.497 e. The molecule has 0 unspecified atom stereocenters. The molecule has 0 aliphatic rings. The minimum Gasteiger partial charge on any atom is -0.497 e.